The van der Waals surface area contributed by atoms with E-state index in [2.05, 4.69) is 40.2 Å². The van der Waals surface area contributed by atoms with E-state index in [-0.39, 0.29) is 18.0 Å². The Balaban J connectivity index is 1.50. The summed E-state index contributed by atoms with van der Waals surface area (Å²) in [5.41, 5.74) is 2.52. The Morgan fingerprint density at radius 3 is 2.12 bits per heavy atom. The van der Waals surface area contributed by atoms with Gasteiger partial charge in [-0.1, -0.05) is 60.7 Å². The summed E-state index contributed by atoms with van der Waals surface area (Å²) >= 11 is 0. The molecule has 26 heavy (non-hydrogen) atoms. The van der Waals surface area contributed by atoms with Gasteiger partial charge in [0.2, 0.25) is 5.91 Å². The number of carbonyl (C=O) groups excluding carboxylic acids is 1. The highest BCUT2D eigenvalue weighted by molar-refractivity contribution is 5.83. The Hall–Kier alpha value is -2.17. The van der Waals surface area contributed by atoms with Gasteiger partial charge in [0.15, 0.2) is 0 Å². The van der Waals surface area contributed by atoms with Crippen molar-refractivity contribution in [2.45, 2.75) is 31.3 Å². The first-order valence-corrected chi connectivity index (χ1v) is 9.60. The Kier molecular flexibility index (Phi) is 5.05. The van der Waals surface area contributed by atoms with Gasteiger partial charge in [0, 0.05) is 6.54 Å². The van der Waals surface area contributed by atoms with Gasteiger partial charge < -0.3 is 16.0 Å². The molecule has 4 rings (SSSR count). The zero-order chi connectivity index (χ0) is 17.8. The number of piperidine rings is 1. The fourth-order valence-corrected chi connectivity index (χ4v) is 4.33. The molecule has 2 aromatic carbocycles. The second-order valence-corrected chi connectivity index (χ2v) is 7.65. The molecule has 1 unspecified atom stereocenters. The van der Waals surface area contributed by atoms with Crippen molar-refractivity contribution in [2.75, 3.05) is 19.6 Å². The third-order valence-electron chi connectivity index (χ3n) is 5.89. The zero-order valence-electron chi connectivity index (χ0n) is 15.1. The largest absolute Gasteiger partial charge is 0.344 e. The zero-order valence-corrected chi connectivity index (χ0v) is 15.1. The van der Waals surface area contributed by atoms with Crippen molar-refractivity contribution in [2.24, 2.45) is 5.41 Å². The fourth-order valence-electron chi connectivity index (χ4n) is 4.33. The van der Waals surface area contributed by atoms with Gasteiger partial charge in [-0.25, -0.2) is 0 Å². The summed E-state index contributed by atoms with van der Waals surface area (Å²) in [4.78, 5) is 13.0. The highest BCUT2D eigenvalue weighted by atomic mass is 16.2. The number of amides is 1. The summed E-state index contributed by atoms with van der Waals surface area (Å²) in [6, 6.07) is 20.2. The third kappa shape index (κ3) is 3.67. The van der Waals surface area contributed by atoms with Gasteiger partial charge in [0.1, 0.15) is 0 Å². The second-order valence-electron chi connectivity index (χ2n) is 7.65. The van der Waals surface area contributed by atoms with E-state index in [1.165, 1.54) is 0 Å². The van der Waals surface area contributed by atoms with Crippen LogP contribution in [0, 0.1) is 5.41 Å². The Morgan fingerprint density at radius 1 is 0.962 bits per heavy atom. The second kappa shape index (κ2) is 7.60. The molecule has 0 aliphatic carbocycles. The molecule has 0 saturated carbocycles. The van der Waals surface area contributed by atoms with Crippen molar-refractivity contribution in [1.82, 2.24) is 16.0 Å². The van der Waals surface area contributed by atoms with E-state index in [1.807, 2.05) is 36.4 Å². The summed E-state index contributed by atoms with van der Waals surface area (Å²) in [7, 11) is 0. The standard InChI is InChI=1S/C22H27N3O/c26-21(19-15-22(16-24-19)11-13-23-14-12-22)25-20(17-7-3-1-4-8-17)18-9-5-2-6-10-18/h1-10,19-20,23-24H,11-16H2,(H,25,26). The predicted molar refractivity (Wildman–Crippen MR) is 104 cm³/mol. The normalized spacial score (nSPS) is 21.8. The number of nitrogens with one attached hydrogen (secondary N) is 3. The topological polar surface area (TPSA) is 53.2 Å². The van der Waals surface area contributed by atoms with Gasteiger partial charge in [0.05, 0.1) is 12.1 Å². The SMILES string of the molecule is O=C(NC(c1ccccc1)c1ccccc1)C1CC2(CCNCC2)CN1. The molecule has 0 aromatic heterocycles. The maximum atomic E-state index is 13.0. The van der Waals surface area contributed by atoms with Gasteiger partial charge >= 0.3 is 0 Å². The van der Waals surface area contributed by atoms with Crippen LogP contribution in [-0.4, -0.2) is 31.6 Å². The highest BCUT2D eigenvalue weighted by Gasteiger charge is 2.42. The molecule has 2 aromatic rings. The maximum Gasteiger partial charge on any atom is 0.237 e. The van der Waals surface area contributed by atoms with Crippen LogP contribution >= 0.6 is 0 Å². The van der Waals surface area contributed by atoms with E-state index in [9.17, 15) is 4.79 Å². The summed E-state index contributed by atoms with van der Waals surface area (Å²) in [6.45, 7) is 3.08. The van der Waals surface area contributed by atoms with Crippen LogP contribution in [0.3, 0.4) is 0 Å². The molecule has 1 spiro atoms. The van der Waals surface area contributed by atoms with Crippen LogP contribution in [0.25, 0.3) is 0 Å². The average Bonchev–Trinajstić information content (AvgIpc) is 3.11. The minimum absolute atomic E-state index is 0.0944. The third-order valence-corrected chi connectivity index (χ3v) is 5.89. The van der Waals surface area contributed by atoms with Crippen LogP contribution in [0.15, 0.2) is 60.7 Å². The van der Waals surface area contributed by atoms with Gasteiger partial charge in [-0.3, -0.25) is 4.79 Å². The predicted octanol–water partition coefficient (Wildman–Crippen LogP) is 2.62. The first-order chi connectivity index (χ1) is 12.8. The average molecular weight is 349 g/mol. The molecule has 3 N–H and O–H groups in total. The molecule has 2 heterocycles. The van der Waals surface area contributed by atoms with Crippen molar-refractivity contribution in [1.29, 1.82) is 0 Å². The number of rotatable bonds is 4. The van der Waals surface area contributed by atoms with Crippen LogP contribution < -0.4 is 16.0 Å². The van der Waals surface area contributed by atoms with E-state index in [4.69, 9.17) is 0 Å². The van der Waals surface area contributed by atoms with E-state index >= 15 is 0 Å². The van der Waals surface area contributed by atoms with Gasteiger partial charge in [-0.05, 0) is 48.9 Å². The van der Waals surface area contributed by atoms with E-state index < -0.39 is 0 Å². The monoisotopic (exact) mass is 349 g/mol. The molecule has 136 valence electrons. The quantitative estimate of drug-likeness (QED) is 0.795. The van der Waals surface area contributed by atoms with Crippen LogP contribution in [0.1, 0.15) is 36.4 Å². The number of benzene rings is 2. The summed E-state index contributed by atoms with van der Waals surface area (Å²) in [5.74, 6) is 0.109. The van der Waals surface area contributed by atoms with Crippen LogP contribution in [-0.2, 0) is 4.79 Å². The molecule has 0 radical (unpaired) electrons. The lowest BCUT2D eigenvalue weighted by atomic mass is 9.77. The van der Waals surface area contributed by atoms with Crippen LogP contribution in [0.5, 0.6) is 0 Å². The molecule has 2 saturated heterocycles. The molecule has 0 bridgehead atoms. The van der Waals surface area contributed by atoms with Crippen molar-refractivity contribution >= 4 is 5.91 Å². The first kappa shape index (κ1) is 17.3. The van der Waals surface area contributed by atoms with Crippen molar-refractivity contribution in [3.63, 3.8) is 0 Å². The molecular formula is C22H27N3O. The minimum Gasteiger partial charge on any atom is -0.344 e. The Bertz CT molecular complexity index is 686. The molecule has 4 heteroatoms. The Morgan fingerprint density at radius 2 is 1.54 bits per heavy atom. The van der Waals surface area contributed by atoms with Crippen molar-refractivity contribution in [3.8, 4) is 0 Å². The fraction of sp³-hybridized carbons (Fsp3) is 0.409. The molecule has 2 aliphatic heterocycles. The lowest BCUT2D eigenvalue weighted by Crippen LogP contribution is -2.42. The molecule has 4 nitrogen and oxygen atoms in total. The lowest BCUT2D eigenvalue weighted by Gasteiger charge is -2.33. The lowest BCUT2D eigenvalue weighted by molar-refractivity contribution is -0.123. The van der Waals surface area contributed by atoms with Gasteiger partial charge in [0.25, 0.3) is 0 Å². The number of carbonyl (C=O) groups is 1. The molecule has 1 amide bonds. The van der Waals surface area contributed by atoms with Gasteiger partial charge in [-0.2, -0.15) is 0 Å². The van der Waals surface area contributed by atoms with E-state index in [1.54, 1.807) is 0 Å². The number of hydrogen-bond acceptors (Lipinski definition) is 3. The van der Waals surface area contributed by atoms with E-state index in [0.717, 1.165) is 50.0 Å². The van der Waals surface area contributed by atoms with Crippen LogP contribution in [0.2, 0.25) is 0 Å². The minimum atomic E-state index is -0.115. The number of hydrogen-bond donors (Lipinski definition) is 3. The highest BCUT2D eigenvalue weighted by Crippen LogP contribution is 2.37. The molecule has 1 atom stereocenters. The smallest absolute Gasteiger partial charge is 0.237 e. The van der Waals surface area contributed by atoms with Gasteiger partial charge in [-0.15, -0.1) is 0 Å². The summed E-state index contributed by atoms with van der Waals surface area (Å²) in [6.07, 6.45) is 3.26. The van der Waals surface area contributed by atoms with Crippen molar-refractivity contribution in [3.05, 3.63) is 71.8 Å². The maximum absolute atomic E-state index is 13.0. The summed E-state index contributed by atoms with van der Waals surface area (Å²) < 4.78 is 0. The van der Waals surface area contributed by atoms with E-state index in [0.29, 0.717) is 5.41 Å². The molecule has 2 aliphatic rings. The summed E-state index contributed by atoms with van der Waals surface area (Å²) in [5, 5.41) is 10.2. The molecule has 2 fully saturated rings. The van der Waals surface area contributed by atoms with Crippen LogP contribution in [0.4, 0.5) is 0 Å². The van der Waals surface area contributed by atoms with Crippen molar-refractivity contribution < 1.29 is 4.79 Å². The first-order valence-electron chi connectivity index (χ1n) is 9.60. The Labute approximate surface area is 155 Å². The molecular weight excluding hydrogens is 322 g/mol.